The lowest BCUT2D eigenvalue weighted by Gasteiger charge is -2.32. The number of hydrogen-bond donors (Lipinski definition) is 0. The molecular weight excluding hydrogens is 209 g/mol. The van der Waals surface area contributed by atoms with Crippen LogP contribution in [0.3, 0.4) is 0 Å². The summed E-state index contributed by atoms with van der Waals surface area (Å²) >= 11 is 5.86. The SMILES string of the molecule is CN1CCP(=S)(c2ccccc2)CC1. The summed E-state index contributed by atoms with van der Waals surface area (Å²) in [6, 6.07) is 9.51. The van der Waals surface area contributed by atoms with Crippen molar-refractivity contribution >= 4 is 23.1 Å². The van der Waals surface area contributed by atoms with E-state index < -0.39 is 6.04 Å². The Hall–Kier alpha value is -0.170. The van der Waals surface area contributed by atoms with Crippen molar-refractivity contribution in [2.75, 3.05) is 32.5 Å². The minimum atomic E-state index is -1.21. The molecular formula is C11H16NPS. The Kier molecular flexibility index (Phi) is 3.06. The summed E-state index contributed by atoms with van der Waals surface area (Å²) in [6.07, 6.45) is 2.42. The molecule has 1 nitrogen and oxygen atoms in total. The van der Waals surface area contributed by atoms with Gasteiger partial charge in [-0.3, -0.25) is 0 Å². The first-order chi connectivity index (χ1) is 6.71. The molecule has 76 valence electrons. The molecule has 0 aromatic heterocycles. The third kappa shape index (κ3) is 2.08. The van der Waals surface area contributed by atoms with E-state index in [9.17, 15) is 0 Å². The molecule has 1 aliphatic heterocycles. The van der Waals surface area contributed by atoms with Gasteiger partial charge in [-0.25, -0.2) is 0 Å². The van der Waals surface area contributed by atoms with Crippen LogP contribution in [0, 0.1) is 0 Å². The summed E-state index contributed by atoms with van der Waals surface area (Å²) in [5.74, 6) is 0. The molecule has 1 aromatic rings. The summed E-state index contributed by atoms with van der Waals surface area (Å²) in [7, 11) is 2.18. The summed E-state index contributed by atoms with van der Waals surface area (Å²) in [6.45, 7) is 2.35. The lowest BCUT2D eigenvalue weighted by molar-refractivity contribution is 0.368. The third-order valence-electron chi connectivity index (χ3n) is 2.91. The molecule has 3 heteroatoms. The summed E-state index contributed by atoms with van der Waals surface area (Å²) in [5, 5.41) is 1.43. The van der Waals surface area contributed by atoms with Gasteiger partial charge in [-0.1, -0.05) is 42.1 Å². The first-order valence-corrected chi connectivity index (χ1v) is 8.20. The van der Waals surface area contributed by atoms with E-state index in [0.29, 0.717) is 0 Å². The quantitative estimate of drug-likeness (QED) is 0.670. The minimum Gasteiger partial charge on any atom is -0.306 e. The highest BCUT2D eigenvalue weighted by Gasteiger charge is 2.24. The fraction of sp³-hybridized carbons (Fsp3) is 0.455. The maximum absolute atomic E-state index is 5.86. The topological polar surface area (TPSA) is 3.24 Å². The van der Waals surface area contributed by atoms with E-state index in [1.54, 1.807) is 0 Å². The lowest BCUT2D eigenvalue weighted by atomic mass is 10.4. The van der Waals surface area contributed by atoms with Crippen molar-refractivity contribution in [1.82, 2.24) is 4.90 Å². The Morgan fingerprint density at radius 1 is 1.14 bits per heavy atom. The highest BCUT2D eigenvalue weighted by atomic mass is 32.4. The molecule has 1 heterocycles. The second-order valence-corrected chi connectivity index (χ2v) is 9.26. The zero-order valence-electron chi connectivity index (χ0n) is 8.52. The van der Waals surface area contributed by atoms with E-state index in [0.717, 1.165) is 0 Å². The Morgan fingerprint density at radius 3 is 2.29 bits per heavy atom. The second-order valence-electron chi connectivity index (χ2n) is 3.98. The predicted octanol–water partition coefficient (Wildman–Crippen LogP) is 1.74. The van der Waals surface area contributed by atoms with Gasteiger partial charge in [-0.15, -0.1) is 0 Å². The van der Waals surface area contributed by atoms with Crippen molar-refractivity contribution in [1.29, 1.82) is 0 Å². The van der Waals surface area contributed by atoms with Crippen LogP contribution in [0.5, 0.6) is 0 Å². The predicted molar refractivity (Wildman–Crippen MR) is 67.6 cm³/mol. The maximum Gasteiger partial charge on any atom is 0.00280 e. The van der Waals surface area contributed by atoms with E-state index in [1.807, 2.05) is 0 Å². The number of hydrogen-bond acceptors (Lipinski definition) is 2. The van der Waals surface area contributed by atoms with E-state index in [2.05, 4.69) is 42.3 Å². The van der Waals surface area contributed by atoms with Crippen LogP contribution in [0.2, 0.25) is 0 Å². The van der Waals surface area contributed by atoms with Crippen LogP contribution in [0.1, 0.15) is 0 Å². The van der Waals surface area contributed by atoms with Gasteiger partial charge in [0.1, 0.15) is 0 Å². The molecule has 1 fully saturated rings. The van der Waals surface area contributed by atoms with Crippen LogP contribution in [-0.2, 0) is 11.8 Å². The van der Waals surface area contributed by atoms with Gasteiger partial charge in [0.15, 0.2) is 0 Å². The highest BCUT2D eigenvalue weighted by Crippen LogP contribution is 2.46. The van der Waals surface area contributed by atoms with Gasteiger partial charge in [0.25, 0.3) is 0 Å². The summed E-state index contributed by atoms with van der Waals surface area (Å²) in [4.78, 5) is 2.38. The molecule has 1 saturated heterocycles. The zero-order chi connectivity index (χ0) is 10.0. The highest BCUT2D eigenvalue weighted by molar-refractivity contribution is 8.18. The van der Waals surface area contributed by atoms with Crippen molar-refractivity contribution in [2.45, 2.75) is 0 Å². The fourth-order valence-electron chi connectivity index (χ4n) is 1.85. The van der Waals surface area contributed by atoms with Crippen LogP contribution >= 0.6 is 6.04 Å². The van der Waals surface area contributed by atoms with Gasteiger partial charge < -0.3 is 4.90 Å². The number of benzene rings is 1. The maximum atomic E-state index is 5.86. The molecule has 0 N–H and O–H groups in total. The van der Waals surface area contributed by atoms with E-state index in [1.165, 1.54) is 30.7 Å². The molecule has 0 atom stereocenters. The van der Waals surface area contributed by atoms with Gasteiger partial charge in [-0.05, 0) is 30.7 Å². The zero-order valence-corrected chi connectivity index (χ0v) is 10.2. The molecule has 0 spiro atoms. The molecule has 1 aliphatic rings. The van der Waals surface area contributed by atoms with Crippen LogP contribution in [-0.4, -0.2) is 37.4 Å². The molecule has 0 saturated carbocycles. The van der Waals surface area contributed by atoms with Gasteiger partial charge in [0.05, 0.1) is 0 Å². The van der Waals surface area contributed by atoms with Crippen molar-refractivity contribution in [2.24, 2.45) is 0 Å². The third-order valence-corrected chi connectivity index (χ3v) is 7.72. The molecule has 1 aromatic carbocycles. The fourth-order valence-corrected chi connectivity index (χ4v) is 5.49. The van der Waals surface area contributed by atoms with Gasteiger partial charge >= 0.3 is 0 Å². The first-order valence-electron chi connectivity index (χ1n) is 5.03. The standard InChI is InChI=1S/C11H16NPS/c1-12-7-9-13(14,10-8-12)11-5-3-2-4-6-11/h2-6H,7-10H2,1H3. The van der Waals surface area contributed by atoms with Crippen molar-refractivity contribution in [3.05, 3.63) is 30.3 Å². The van der Waals surface area contributed by atoms with Crippen molar-refractivity contribution in [3.63, 3.8) is 0 Å². The smallest absolute Gasteiger partial charge is 0.00280 e. The Balaban J connectivity index is 2.22. The molecule has 0 aliphatic carbocycles. The largest absolute Gasteiger partial charge is 0.306 e. The number of nitrogens with zero attached hydrogens (tertiary/aromatic N) is 1. The number of rotatable bonds is 1. The Morgan fingerprint density at radius 2 is 1.71 bits per heavy atom. The molecule has 0 bridgehead atoms. The molecule has 14 heavy (non-hydrogen) atoms. The normalized spacial score (nSPS) is 22.1. The molecule has 0 unspecified atom stereocenters. The van der Waals surface area contributed by atoms with Gasteiger partial charge in [0, 0.05) is 13.1 Å². The first kappa shape index (κ1) is 10.4. The van der Waals surface area contributed by atoms with Crippen LogP contribution in [0.4, 0.5) is 0 Å². The minimum absolute atomic E-state index is 1.17. The van der Waals surface area contributed by atoms with Crippen molar-refractivity contribution in [3.8, 4) is 0 Å². The van der Waals surface area contributed by atoms with Gasteiger partial charge in [0.2, 0.25) is 0 Å². The lowest BCUT2D eigenvalue weighted by Crippen LogP contribution is -2.33. The second kappa shape index (κ2) is 4.14. The van der Waals surface area contributed by atoms with E-state index >= 15 is 0 Å². The van der Waals surface area contributed by atoms with Crippen LogP contribution in [0.15, 0.2) is 30.3 Å². The Bertz CT molecular complexity index is 338. The average molecular weight is 225 g/mol. The van der Waals surface area contributed by atoms with E-state index in [-0.39, 0.29) is 0 Å². The van der Waals surface area contributed by atoms with Crippen LogP contribution < -0.4 is 5.30 Å². The average Bonchev–Trinajstić information content (AvgIpc) is 2.24. The molecule has 0 radical (unpaired) electrons. The van der Waals surface area contributed by atoms with Crippen LogP contribution in [0.25, 0.3) is 0 Å². The van der Waals surface area contributed by atoms with E-state index in [4.69, 9.17) is 11.8 Å². The molecule has 0 amide bonds. The monoisotopic (exact) mass is 225 g/mol. The Labute approximate surface area is 91.1 Å². The summed E-state index contributed by atoms with van der Waals surface area (Å²) in [5.41, 5.74) is 0. The van der Waals surface area contributed by atoms with Gasteiger partial charge in [-0.2, -0.15) is 0 Å². The van der Waals surface area contributed by atoms with Crippen molar-refractivity contribution < 1.29 is 0 Å². The molecule has 2 rings (SSSR count). The summed E-state index contributed by atoms with van der Waals surface area (Å²) < 4.78 is 0.